The molecule has 0 unspecified atom stereocenters. The highest BCUT2D eigenvalue weighted by Gasteiger charge is 2.21. The van der Waals surface area contributed by atoms with E-state index in [0.29, 0.717) is 17.5 Å². The van der Waals surface area contributed by atoms with Gasteiger partial charge in [0.2, 0.25) is 0 Å². The highest BCUT2D eigenvalue weighted by molar-refractivity contribution is 6.19. The first-order valence-corrected chi connectivity index (χ1v) is 19.0. The van der Waals surface area contributed by atoms with Crippen LogP contribution < -0.4 is 0 Å². The lowest BCUT2D eigenvalue weighted by atomic mass is 10.0. The summed E-state index contributed by atoms with van der Waals surface area (Å²) in [4.78, 5) is 15.6. The second kappa shape index (κ2) is 12.3. The summed E-state index contributed by atoms with van der Waals surface area (Å²) in [5, 5.41) is 6.36. The summed E-state index contributed by atoms with van der Waals surface area (Å²) >= 11 is 0. The van der Waals surface area contributed by atoms with Gasteiger partial charge in [-0.15, -0.1) is 0 Å². The van der Waals surface area contributed by atoms with Crippen molar-refractivity contribution in [2.45, 2.75) is 0 Å². The molecule has 6 heteroatoms. The van der Waals surface area contributed by atoms with Crippen LogP contribution in [-0.4, -0.2) is 19.5 Å². The Labute approximate surface area is 325 Å². The van der Waals surface area contributed by atoms with Gasteiger partial charge < -0.3 is 13.4 Å². The van der Waals surface area contributed by atoms with Gasteiger partial charge in [0, 0.05) is 60.8 Å². The number of rotatable bonds is 5. The van der Waals surface area contributed by atoms with Gasteiger partial charge in [-0.25, -0.2) is 15.0 Å². The number of para-hydroxylation sites is 3. The maximum Gasteiger partial charge on any atom is 0.164 e. The summed E-state index contributed by atoms with van der Waals surface area (Å²) < 4.78 is 15.2. The Bertz CT molecular complexity index is 3510. The van der Waals surface area contributed by atoms with Crippen molar-refractivity contribution in [2.75, 3.05) is 0 Å². The Morgan fingerprint density at radius 1 is 0.333 bits per heavy atom. The van der Waals surface area contributed by atoms with Crippen LogP contribution in [0.2, 0.25) is 0 Å². The van der Waals surface area contributed by atoms with E-state index in [9.17, 15) is 0 Å². The first kappa shape index (κ1) is 31.5. The molecule has 0 N–H and O–H groups in total. The molecule has 0 saturated carbocycles. The van der Waals surface area contributed by atoms with E-state index in [-0.39, 0.29) is 0 Å². The van der Waals surface area contributed by atoms with Crippen LogP contribution in [-0.2, 0) is 0 Å². The number of nitrogens with zero attached hydrogens (tertiary/aromatic N) is 4. The number of benzene rings is 8. The quantitative estimate of drug-likeness (QED) is 0.176. The van der Waals surface area contributed by atoms with Crippen LogP contribution in [0.4, 0.5) is 0 Å². The van der Waals surface area contributed by atoms with E-state index in [1.807, 2.05) is 54.6 Å². The van der Waals surface area contributed by atoms with Crippen LogP contribution in [0.3, 0.4) is 0 Å². The second-order valence-corrected chi connectivity index (χ2v) is 14.4. The van der Waals surface area contributed by atoms with E-state index in [0.717, 1.165) is 93.8 Å². The minimum atomic E-state index is 0.569. The lowest BCUT2D eigenvalue weighted by Gasteiger charge is -2.10. The zero-order valence-corrected chi connectivity index (χ0v) is 30.4. The highest BCUT2D eigenvalue weighted by atomic mass is 16.3. The lowest BCUT2D eigenvalue weighted by molar-refractivity contribution is 0.668. The minimum absolute atomic E-state index is 0.569. The molecular weight excluding hydrogens is 701 g/mol. The Balaban J connectivity index is 1.09. The van der Waals surface area contributed by atoms with Crippen molar-refractivity contribution in [2.24, 2.45) is 0 Å². The van der Waals surface area contributed by atoms with Gasteiger partial charge in [-0.2, -0.15) is 0 Å². The molecular formula is C51H30N4O2. The van der Waals surface area contributed by atoms with Crippen LogP contribution in [0.15, 0.2) is 191 Å². The third-order valence-electron chi connectivity index (χ3n) is 11.1. The Hall–Kier alpha value is -7.83. The predicted octanol–water partition coefficient (Wildman–Crippen LogP) is 13.4. The molecule has 0 spiro atoms. The van der Waals surface area contributed by atoms with E-state index in [1.54, 1.807) is 0 Å². The molecule has 0 aliphatic carbocycles. The summed E-state index contributed by atoms with van der Waals surface area (Å²) in [5.74, 6) is 1.73. The largest absolute Gasteiger partial charge is 0.456 e. The third-order valence-corrected chi connectivity index (χ3v) is 11.1. The molecule has 0 atom stereocenters. The monoisotopic (exact) mass is 730 g/mol. The van der Waals surface area contributed by atoms with Gasteiger partial charge in [0.25, 0.3) is 0 Å². The van der Waals surface area contributed by atoms with Crippen LogP contribution in [0, 0.1) is 0 Å². The van der Waals surface area contributed by atoms with E-state index in [2.05, 4.69) is 132 Å². The summed E-state index contributed by atoms with van der Waals surface area (Å²) in [6.07, 6.45) is 0. The predicted molar refractivity (Wildman–Crippen MR) is 230 cm³/mol. The zero-order valence-electron chi connectivity index (χ0n) is 30.4. The Kier molecular flexibility index (Phi) is 6.83. The SMILES string of the molecule is c1ccc(-c2ccc(-c3nc(-c4ccc5oc6ccccc6c5c4)nc(-c4cccc5oc6cc7c(cc6c45)c4ccccc4n7-c4ccccc4)n3)cc2)cc1. The number of aromatic nitrogens is 4. The fraction of sp³-hybridized carbons (Fsp3) is 0. The van der Waals surface area contributed by atoms with Crippen molar-refractivity contribution in [1.82, 2.24) is 19.5 Å². The van der Waals surface area contributed by atoms with Gasteiger partial charge in [0.05, 0.1) is 11.0 Å². The first-order chi connectivity index (χ1) is 28.2. The molecule has 57 heavy (non-hydrogen) atoms. The van der Waals surface area contributed by atoms with Gasteiger partial charge in [-0.05, 0) is 65.7 Å². The van der Waals surface area contributed by atoms with Gasteiger partial charge in [-0.3, -0.25) is 0 Å². The topological polar surface area (TPSA) is 69.9 Å². The Morgan fingerprint density at radius 2 is 0.947 bits per heavy atom. The molecule has 0 bridgehead atoms. The molecule has 0 fully saturated rings. The summed E-state index contributed by atoms with van der Waals surface area (Å²) in [7, 11) is 0. The van der Waals surface area contributed by atoms with Crippen molar-refractivity contribution >= 4 is 65.7 Å². The molecule has 4 aromatic heterocycles. The smallest absolute Gasteiger partial charge is 0.164 e. The number of hydrogen-bond donors (Lipinski definition) is 0. The Morgan fingerprint density at radius 3 is 1.79 bits per heavy atom. The lowest BCUT2D eigenvalue weighted by Crippen LogP contribution is -2.00. The normalized spacial score (nSPS) is 11.9. The number of fused-ring (bicyclic) bond motifs is 9. The zero-order chi connectivity index (χ0) is 37.5. The standard InChI is InChI=1S/C51H30N4O2/c1-3-12-31(13-4-1)32-22-24-33(25-23-32)49-52-50(34-26-27-45-40(28-34)37-17-8-10-20-44(37)56-45)54-51(53-49)38-18-11-21-46-48(38)41-29-39-36-16-7-9-19-42(36)55(35-14-5-2-6-15-35)43(39)30-47(41)57-46/h1-30H. The van der Waals surface area contributed by atoms with Gasteiger partial charge in [0.1, 0.15) is 22.3 Å². The van der Waals surface area contributed by atoms with Crippen molar-refractivity contribution in [3.8, 4) is 51.0 Å². The summed E-state index contributed by atoms with van der Waals surface area (Å²) in [6.45, 7) is 0. The van der Waals surface area contributed by atoms with Gasteiger partial charge in [0.15, 0.2) is 17.5 Å². The molecule has 266 valence electrons. The molecule has 0 aliphatic heterocycles. The molecule has 4 heterocycles. The molecule has 8 aromatic carbocycles. The maximum absolute atomic E-state index is 6.68. The van der Waals surface area contributed by atoms with Gasteiger partial charge in [-0.1, -0.05) is 121 Å². The van der Waals surface area contributed by atoms with Crippen molar-refractivity contribution in [1.29, 1.82) is 0 Å². The van der Waals surface area contributed by atoms with E-state index < -0.39 is 0 Å². The molecule has 0 amide bonds. The first-order valence-electron chi connectivity index (χ1n) is 19.0. The fourth-order valence-electron chi connectivity index (χ4n) is 8.39. The average molecular weight is 731 g/mol. The minimum Gasteiger partial charge on any atom is -0.456 e. The molecule has 0 aliphatic rings. The van der Waals surface area contributed by atoms with Gasteiger partial charge >= 0.3 is 0 Å². The molecule has 0 radical (unpaired) electrons. The summed E-state index contributed by atoms with van der Waals surface area (Å²) in [6, 6.07) is 62.7. The van der Waals surface area contributed by atoms with Crippen LogP contribution >= 0.6 is 0 Å². The second-order valence-electron chi connectivity index (χ2n) is 14.4. The van der Waals surface area contributed by atoms with Crippen molar-refractivity contribution in [3.05, 3.63) is 182 Å². The molecule has 12 rings (SSSR count). The number of furan rings is 2. The average Bonchev–Trinajstić information content (AvgIpc) is 3.95. The molecule has 6 nitrogen and oxygen atoms in total. The van der Waals surface area contributed by atoms with Crippen molar-refractivity contribution < 1.29 is 8.83 Å². The molecule has 0 saturated heterocycles. The van der Waals surface area contributed by atoms with Crippen LogP contribution in [0.1, 0.15) is 0 Å². The highest BCUT2D eigenvalue weighted by Crippen LogP contribution is 2.42. The summed E-state index contributed by atoms with van der Waals surface area (Å²) in [5.41, 5.74) is 11.5. The van der Waals surface area contributed by atoms with E-state index in [4.69, 9.17) is 23.8 Å². The van der Waals surface area contributed by atoms with E-state index in [1.165, 1.54) is 5.39 Å². The van der Waals surface area contributed by atoms with E-state index >= 15 is 0 Å². The number of hydrogen-bond acceptors (Lipinski definition) is 5. The third kappa shape index (κ3) is 5.01. The van der Waals surface area contributed by atoms with Crippen LogP contribution in [0.25, 0.3) is 117 Å². The molecule has 12 aromatic rings. The van der Waals surface area contributed by atoms with Crippen LogP contribution in [0.5, 0.6) is 0 Å². The van der Waals surface area contributed by atoms with Crippen molar-refractivity contribution in [3.63, 3.8) is 0 Å². The maximum atomic E-state index is 6.68. The fourth-order valence-corrected chi connectivity index (χ4v) is 8.39.